The maximum absolute atomic E-state index is 12.0. The zero-order chi connectivity index (χ0) is 15.3. The highest BCUT2D eigenvalue weighted by Crippen LogP contribution is 2.05. The maximum Gasteiger partial charge on any atom is 0.307 e. The van der Waals surface area contributed by atoms with Crippen LogP contribution in [0.15, 0.2) is 10.2 Å². The molecule has 0 aliphatic rings. The number of rotatable bonds is 7. The van der Waals surface area contributed by atoms with Crippen molar-refractivity contribution in [2.45, 2.75) is 46.2 Å². The van der Waals surface area contributed by atoms with Crippen LogP contribution < -0.4 is 10.6 Å². The predicted molar refractivity (Wildman–Crippen MR) is 90.2 cm³/mol. The third-order valence-electron chi connectivity index (χ3n) is 3.61. The first-order chi connectivity index (χ1) is 9.32. The average molecular weight is 336 g/mol. The molecule has 1 aromatic heterocycles. The Labute approximate surface area is 136 Å². The van der Waals surface area contributed by atoms with Gasteiger partial charge < -0.3 is 15.2 Å². The molecule has 1 atom stereocenters. The van der Waals surface area contributed by atoms with Crippen molar-refractivity contribution in [3.63, 3.8) is 0 Å². The van der Waals surface area contributed by atoms with Crippen LogP contribution in [0.2, 0.25) is 0 Å². The summed E-state index contributed by atoms with van der Waals surface area (Å²) < 4.78 is 1.65. The molecule has 1 amide bonds. The number of nitrogens with zero attached hydrogens (tertiary/aromatic N) is 2. The van der Waals surface area contributed by atoms with Gasteiger partial charge in [0.15, 0.2) is 0 Å². The largest absolute Gasteiger partial charge is 0.346 e. The van der Waals surface area contributed by atoms with Crippen LogP contribution in [0.3, 0.4) is 0 Å². The first-order valence-corrected chi connectivity index (χ1v) is 7.85. The van der Waals surface area contributed by atoms with Crippen LogP contribution in [0.1, 0.15) is 32.4 Å². The number of thiazole rings is 1. The molecule has 1 aromatic rings. The first-order valence-electron chi connectivity index (χ1n) is 6.97. The van der Waals surface area contributed by atoms with Crippen molar-refractivity contribution in [3.8, 4) is 0 Å². The van der Waals surface area contributed by atoms with Gasteiger partial charge in [0.25, 0.3) is 0 Å². The van der Waals surface area contributed by atoms with Gasteiger partial charge in [-0.05, 0) is 19.3 Å². The van der Waals surface area contributed by atoms with E-state index < -0.39 is 0 Å². The van der Waals surface area contributed by atoms with E-state index in [0.29, 0.717) is 25.4 Å². The number of carbonyl (C=O) groups is 1. The monoisotopic (exact) mass is 335 g/mol. The second kappa shape index (κ2) is 9.23. The summed E-state index contributed by atoms with van der Waals surface area (Å²) in [6.07, 6.45) is 1.15. The van der Waals surface area contributed by atoms with Crippen molar-refractivity contribution >= 4 is 29.7 Å². The van der Waals surface area contributed by atoms with Gasteiger partial charge in [-0.15, -0.1) is 12.4 Å². The third kappa shape index (κ3) is 6.20. The fraction of sp³-hybridized carbons (Fsp3) is 0.714. The Morgan fingerprint density at radius 3 is 2.57 bits per heavy atom. The number of amides is 1. The van der Waals surface area contributed by atoms with Crippen LogP contribution in [0.5, 0.6) is 0 Å². The molecule has 0 bridgehead atoms. The summed E-state index contributed by atoms with van der Waals surface area (Å²) in [4.78, 5) is 25.3. The lowest BCUT2D eigenvalue weighted by molar-refractivity contribution is -0.130. The SMILES string of the molecule is Cc1csc(=O)n1CCC(=O)N(C)CCC(N)C(C)C.Cl. The molecule has 5 nitrogen and oxygen atoms in total. The molecule has 0 spiro atoms. The predicted octanol–water partition coefficient (Wildman–Crippen LogP) is 1.86. The number of aryl methyl sites for hydroxylation is 1. The van der Waals surface area contributed by atoms with E-state index in [2.05, 4.69) is 13.8 Å². The number of halogens is 1. The van der Waals surface area contributed by atoms with Gasteiger partial charge in [0.2, 0.25) is 5.91 Å². The summed E-state index contributed by atoms with van der Waals surface area (Å²) in [7, 11) is 1.79. The molecule has 0 aliphatic heterocycles. The number of carbonyl (C=O) groups excluding carboxylic acids is 1. The minimum atomic E-state index is -0.000201. The van der Waals surface area contributed by atoms with Crippen LogP contribution in [-0.4, -0.2) is 35.0 Å². The molecule has 122 valence electrons. The molecule has 7 heteroatoms. The zero-order valence-corrected chi connectivity index (χ0v) is 14.8. The van der Waals surface area contributed by atoms with Gasteiger partial charge in [0, 0.05) is 43.7 Å². The molecular formula is C14H26ClN3O2S. The molecule has 0 saturated carbocycles. The summed E-state index contributed by atoms with van der Waals surface area (Å²) in [5.74, 6) is 0.476. The molecule has 1 unspecified atom stereocenters. The normalized spacial score (nSPS) is 12.1. The second-order valence-electron chi connectivity index (χ2n) is 5.56. The topological polar surface area (TPSA) is 68.3 Å². The number of aromatic nitrogens is 1. The molecule has 2 N–H and O–H groups in total. The summed E-state index contributed by atoms with van der Waals surface area (Å²) in [6, 6.07) is 0.118. The van der Waals surface area contributed by atoms with Crippen LogP contribution in [0.4, 0.5) is 0 Å². The summed E-state index contributed by atoms with van der Waals surface area (Å²) in [6.45, 7) is 7.16. The highest BCUT2D eigenvalue weighted by molar-refractivity contribution is 7.07. The smallest absolute Gasteiger partial charge is 0.307 e. The Balaban J connectivity index is 0.00000400. The molecule has 1 heterocycles. The van der Waals surface area contributed by atoms with Gasteiger partial charge in [0.05, 0.1) is 0 Å². The Kier molecular flexibility index (Phi) is 8.85. The van der Waals surface area contributed by atoms with Crippen molar-refractivity contribution in [1.29, 1.82) is 0 Å². The van der Waals surface area contributed by atoms with Gasteiger partial charge >= 0.3 is 4.87 Å². The van der Waals surface area contributed by atoms with E-state index in [-0.39, 0.29) is 29.2 Å². The van der Waals surface area contributed by atoms with Gasteiger partial charge in [-0.25, -0.2) is 0 Å². The fourth-order valence-electron chi connectivity index (χ4n) is 1.87. The molecule has 0 aliphatic carbocycles. The lowest BCUT2D eigenvalue weighted by Gasteiger charge is -2.21. The van der Waals surface area contributed by atoms with Crippen molar-refractivity contribution in [3.05, 3.63) is 20.7 Å². The highest BCUT2D eigenvalue weighted by Gasteiger charge is 2.13. The lowest BCUT2D eigenvalue weighted by Crippen LogP contribution is -2.35. The molecule has 0 fully saturated rings. The lowest BCUT2D eigenvalue weighted by atomic mass is 10.0. The minimum Gasteiger partial charge on any atom is -0.346 e. The molecule has 0 aromatic carbocycles. The molecule has 1 rings (SSSR count). The number of hydrogen-bond acceptors (Lipinski definition) is 4. The number of nitrogens with two attached hydrogens (primary N) is 1. The van der Waals surface area contributed by atoms with Crippen molar-refractivity contribution in [2.24, 2.45) is 11.7 Å². The van der Waals surface area contributed by atoms with Crippen LogP contribution >= 0.6 is 23.7 Å². The molecule has 0 saturated heterocycles. The van der Waals surface area contributed by atoms with E-state index in [0.717, 1.165) is 12.1 Å². The maximum atomic E-state index is 12.0. The standard InChI is InChI=1S/C14H25N3O2S.ClH/c1-10(2)12(15)5-7-16(4)13(18)6-8-17-11(3)9-20-14(17)19;/h9-10,12H,5-8,15H2,1-4H3;1H. The summed E-state index contributed by atoms with van der Waals surface area (Å²) >= 11 is 1.17. The quantitative estimate of drug-likeness (QED) is 0.827. The zero-order valence-electron chi connectivity index (χ0n) is 13.2. The highest BCUT2D eigenvalue weighted by atomic mass is 35.5. The fourth-order valence-corrected chi connectivity index (χ4v) is 2.63. The molecule has 0 radical (unpaired) electrons. The van der Waals surface area contributed by atoms with E-state index >= 15 is 0 Å². The molecular weight excluding hydrogens is 310 g/mol. The Morgan fingerprint density at radius 1 is 1.48 bits per heavy atom. The van der Waals surface area contributed by atoms with Crippen molar-refractivity contribution < 1.29 is 4.79 Å². The van der Waals surface area contributed by atoms with Crippen molar-refractivity contribution in [2.75, 3.05) is 13.6 Å². The first kappa shape index (κ1) is 20.1. The van der Waals surface area contributed by atoms with Gasteiger partial charge in [-0.3, -0.25) is 9.59 Å². The van der Waals surface area contributed by atoms with Crippen LogP contribution in [0.25, 0.3) is 0 Å². The average Bonchev–Trinajstić information content (AvgIpc) is 2.72. The summed E-state index contributed by atoms with van der Waals surface area (Å²) in [5.41, 5.74) is 6.89. The van der Waals surface area contributed by atoms with Gasteiger partial charge in [-0.1, -0.05) is 25.2 Å². The van der Waals surface area contributed by atoms with E-state index in [1.807, 2.05) is 12.3 Å². The number of hydrogen-bond donors (Lipinski definition) is 1. The Morgan fingerprint density at radius 2 is 2.10 bits per heavy atom. The van der Waals surface area contributed by atoms with E-state index in [1.165, 1.54) is 11.3 Å². The Bertz CT molecular complexity index is 499. The van der Waals surface area contributed by atoms with Crippen molar-refractivity contribution in [1.82, 2.24) is 9.47 Å². The van der Waals surface area contributed by atoms with Crippen LogP contribution in [-0.2, 0) is 11.3 Å². The van der Waals surface area contributed by atoms with Gasteiger partial charge in [-0.2, -0.15) is 0 Å². The van der Waals surface area contributed by atoms with Gasteiger partial charge in [0.1, 0.15) is 0 Å². The summed E-state index contributed by atoms with van der Waals surface area (Å²) in [5, 5.41) is 1.82. The van der Waals surface area contributed by atoms with E-state index in [9.17, 15) is 9.59 Å². The van der Waals surface area contributed by atoms with E-state index in [1.54, 1.807) is 16.5 Å². The van der Waals surface area contributed by atoms with Crippen LogP contribution in [0, 0.1) is 12.8 Å². The minimum absolute atomic E-state index is 0. The third-order valence-corrected chi connectivity index (χ3v) is 4.49. The molecule has 21 heavy (non-hydrogen) atoms. The Hall–Kier alpha value is -0.850. The van der Waals surface area contributed by atoms with E-state index in [4.69, 9.17) is 5.73 Å². The second-order valence-corrected chi connectivity index (χ2v) is 6.38.